The van der Waals surface area contributed by atoms with Crippen LogP contribution in [0.15, 0.2) is 38.4 Å². The first-order valence-electron chi connectivity index (χ1n) is 20.0. The molecule has 8 aromatic rings. The zero-order valence-electron chi connectivity index (χ0n) is 39.5. The van der Waals surface area contributed by atoms with E-state index in [1.807, 2.05) is 39.8 Å². The van der Waals surface area contributed by atoms with E-state index in [1.54, 1.807) is 60.3 Å². The minimum atomic E-state index is -0.444. The second-order valence-corrected chi connectivity index (χ2v) is 15.6. The summed E-state index contributed by atoms with van der Waals surface area (Å²) in [5.74, 6) is 2.80. The fourth-order valence-corrected chi connectivity index (χ4v) is 6.93. The summed E-state index contributed by atoms with van der Waals surface area (Å²) in [5, 5.41) is 0. The molecule has 0 spiro atoms. The number of ether oxygens (including phenoxy) is 1. The van der Waals surface area contributed by atoms with Gasteiger partial charge in [0.15, 0.2) is 44.7 Å². The molecule has 0 fully saturated rings. The molecule has 0 unspecified atom stereocenters. The van der Waals surface area contributed by atoms with Gasteiger partial charge in [0, 0.05) is 70.0 Å². The molecule has 0 atom stereocenters. The van der Waals surface area contributed by atoms with Gasteiger partial charge in [-0.3, -0.25) is 61.0 Å². The van der Waals surface area contributed by atoms with Gasteiger partial charge in [0.05, 0.1) is 6.67 Å². The summed E-state index contributed by atoms with van der Waals surface area (Å²) in [7, 11) is 18.1. The van der Waals surface area contributed by atoms with E-state index in [2.05, 4.69) is 24.9 Å². The molecule has 0 aliphatic heterocycles. The number of aryl methyl sites for hydroxylation is 9. The van der Waals surface area contributed by atoms with Crippen LogP contribution in [0.3, 0.4) is 0 Å². The number of H-pyrrole nitrogens is 1. The van der Waals surface area contributed by atoms with Gasteiger partial charge in [-0.15, -0.1) is 0 Å². The van der Waals surface area contributed by atoms with Gasteiger partial charge in [0.2, 0.25) is 0 Å². The number of fused-ring (bicyclic) bond motifs is 4. The largest absolute Gasteiger partial charge is 0.364 e. The topological polar surface area (TPSA) is 271 Å². The Hall–Kier alpha value is -7.48. The zero-order chi connectivity index (χ0) is 48.8. The van der Waals surface area contributed by atoms with Crippen molar-refractivity contribution in [2.24, 2.45) is 56.4 Å². The van der Waals surface area contributed by atoms with Gasteiger partial charge >= 0.3 is 22.8 Å². The van der Waals surface area contributed by atoms with E-state index >= 15 is 0 Å². The number of nitrogens with one attached hydrogen (secondary N) is 1. The Morgan fingerprint density at radius 1 is 0.477 bits per heavy atom. The van der Waals surface area contributed by atoms with Crippen molar-refractivity contribution >= 4 is 44.7 Å². The van der Waals surface area contributed by atoms with Gasteiger partial charge in [0.25, 0.3) is 22.2 Å². The van der Waals surface area contributed by atoms with Crippen molar-refractivity contribution in [2.75, 3.05) is 21.2 Å². The summed E-state index contributed by atoms with van der Waals surface area (Å²) >= 11 is 0. The van der Waals surface area contributed by atoms with Crippen molar-refractivity contribution in [1.82, 2.24) is 80.1 Å². The Morgan fingerprint density at radius 3 is 1.22 bits per heavy atom. The average Bonchev–Trinajstić information content (AvgIpc) is 3.93. The number of nitrogens with zero attached hydrogens (tertiary/aromatic N) is 16. The molecule has 8 heterocycles. The summed E-state index contributed by atoms with van der Waals surface area (Å²) in [6.07, 6.45) is 0. The van der Waals surface area contributed by atoms with Crippen LogP contribution in [0.1, 0.15) is 30.2 Å². The minimum Gasteiger partial charge on any atom is -0.364 e. The molecular formula is C39H55N17O9. The number of aromatic amines is 1. The summed E-state index contributed by atoms with van der Waals surface area (Å²) in [6, 6.07) is 0. The Balaban J connectivity index is 0.000000163. The first kappa shape index (κ1) is 48.6. The minimum absolute atomic E-state index is 0.0694. The van der Waals surface area contributed by atoms with Crippen molar-refractivity contribution in [1.29, 1.82) is 0 Å². The number of hydrogen-bond acceptors (Lipinski definition) is 14. The number of aromatic nitrogens is 16. The van der Waals surface area contributed by atoms with Gasteiger partial charge in [-0.2, -0.15) is 0 Å². The van der Waals surface area contributed by atoms with Crippen molar-refractivity contribution in [3.63, 3.8) is 0 Å². The van der Waals surface area contributed by atoms with Crippen molar-refractivity contribution < 1.29 is 4.74 Å². The summed E-state index contributed by atoms with van der Waals surface area (Å²) in [4.78, 5) is 116. The monoisotopic (exact) mass is 905 g/mol. The molecule has 0 aromatic carbocycles. The SMILES string of the molecule is CCn1c(=O)n(C)c(=O)c2c1nc(C)n2C.COCn1c(=O)n(C)c(=O)c2c1nc(C)n2C.Cc1nc2[nH]c(=O)n(C)c(=O)c2n1C.Cc1nc2c(c(=O)n(C)c(=O)n2CN(C)C)n1C. The maximum absolute atomic E-state index is 12.1. The third kappa shape index (κ3) is 8.39. The number of imidazole rings is 4. The predicted octanol–water partition coefficient (Wildman–Crippen LogP) is -2.36. The van der Waals surface area contributed by atoms with Crippen molar-refractivity contribution in [3.8, 4) is 0 Å². The third-order valence-corrected chi connectivity index (χ3v) is 11.1. The lowest BCUT2D eigenvalue weighted by molar-refractivity contribution is 0.129. The normalized spacial score (nSPS) is 11.3. The van der Waals surface area contributed by atoms with E-state index in [9.17, 15) is 38.4 Å². The number of methoxy groups -OCH3 is 1. The standard InChI is InChI=1S/C11H17N5O2.C10H14N4O3.C10H14N4O2.C8H10N4O2/c1-7-12-9-8(14(7)4)10(17)15(5)11(18)16(9)6-13(2)3;1-6-11-8-7(12(6)2)9(15)13(3)10(16)14(8)5-17-4;1-5-14-8-7(12(3)6(2)11-8)9(15)13(4)10(14)16;1-4-9-6-5(11(4)2)7(13)12(3)8(14)10-6/h6H2,1-5H3;5H2,1-4H3;5H2,1-4H3;1-3H3,(H,10,14). The van der Waals surface area contributed by atoms with Gasteiger partial charge in [-0.05, 0) is 48.7 Å². The fraction of sp³-hybridized carbons (Fsp3) is 0.487. The van der Waals surface area contributed by atoms with Crippen LogP contribution in [-0.2, 0) is 81.1 Å². The van der Waals surface area contributed by atoms with E-state index in [4.69, 9.17) is 4.74 Å². The molecule has 0 amide bonds. The highest BCUT2D eigenvalue weighted by atomic mass is 16.5. The Labute approximate surface area is 367 Å². The lowest BCUT2D eigenvalue weighted by Crippen LogP contribution is -2.40. The molecule has 350 valence electrons. The molecular weight excluding hydrogens is 851 g/mol. The van der Waals surface area contributed by atoms with E-state index in [1.165, 1.54) is 49.0 Å². The smallest absolute Gasteiger partial charge is 0.334 e. The maximum Gasteiger partial charge on any atom is 0.334 e. The van der Waals surface area contributed by atoms with E-state index in [0.29, 0.717) is 75.3 Å². The molecule has 0 saturated heterocycles. The maximum atomic E-state index is 12.1. The van der Waals surface area contributed by atoms with Crippen LogP contribution in [0.5, 0.6) is 0 Å². The van der Waals surface area contributed by atoms with Gasteiger partial charge in [-0.25, -0.2) is 39.1 Å². The summed E-state index contributed by atoms with van der Waals surface area (Å²) in [5.41, 5.74) is 0.545. The molecule has 0 aliphatic carbocycles. The predicted molar refractivity (Wildman–Crippen MR) is 243 cm³/mol. The highest BCUT2D eigenvalue weighted by Gasteiger charge is 2.19. The molecule has 0 radical (unpaired) electrons. The zero-order valence-corrected chi connectivity index (χ0v) is 39.5. The Bertz CT molecular complexity index is 3660. The molecule has 26 heteroatoms. The van der Waals surface area contributed by atoms with Gasteiger partial charge < -0.3 is 23.0 Å². The van der Waals surface area contributed by atoms with Crippen LogP contribution in [0.4, 0.5) is 0 Å². The van der Waals surface area contributed by atoms with E-state index in [0.717, 1.165) is 24.1 Å². The van der Waals surface area contributed by atoms with Crippen LogP contribution in [0.25, 0.3) is 44.7 Å². The Kier molecular flexibility index (Phi) is 13.7. The van der Waals surface area contributed by atoms with E-state index in [-0.39, 0.29) is 40.3 Å². The fourth-order valence-electron chi connectivity index (χ4n) is 6.93. The van der Waals surface area contributed by atoms with Crippen LogP contribution in [-0.4, -0.2) is 101 Å². The van der Waals surface area contributed by atoms with Gasteiger partial charge in [-0.1, -0.05) is 0 Å². The van der Waals surface area contributed by atoms with Crippen LogP contribution >= 0.6 is 0 Å². The summed E-state index contributed by atoms with van der Waals surface area (Å²) < 4.78 is 20.4. The second-order valence-electron chi connectivity index (χ2n) is 15.6. The lowest BCUT2D eigenvalue weighted by Gasteiger charge is -2.13. The number of hydrogen-bond donors (Lipinski definition) is 1. The molecule has 8 rings (SSSR count). The van der Waals surface area contributed by atoms with Gasteiger partial charge in [0.1, 0.15) is 30.0 Å². The quantitative estimate of drug-likeness (QED) is 0.189. The van der Waals surface area contributed by atoms with Crippen molar-refractivity contribution in [2.45, 2.75) is 54.6 Å². The Morgan fingerprint density at radius 2 is 0.815 bits per heavy atom. The highest BCUT2D eigenvalue weighted by Crippen LogP contribution is 2.11. The first-order chi connectivity index (χ1) is 30.3. The number of rotatable bonds is 5. The first-order valence-corrected chi connectivity index (χ1v) is 20.0. The molecule has 0 bridgehead atoms. The highest BCUT2D eigenvalue weighted by molar-refractivity contribution is 5.72. The van der Waals surface area contributed by atoms with Crippen LogP contribution in [0.2, 0.25) is 0 Å². The molecule has 1 N–H and O–H groups in total. The van der Waals surface area contributed by atoms with Crippen molar-refractivity contribution in [3.05, 3.63) is 107 Å². The van der Waals surface area contributed by atoms with E-state index < -0.39 is 11.4 Å². The molecule has 8 aromatic heterocycles. The average molecular weight is 906 g/mol. The second kappa shape index (κ2) is 18.3. The van der Waals surface area contributed by atoms with Crippen LogP contribution in [0, 0.1) is 27.7 Å². The van der Waals surface area contributed by atoms with Crippen LogP contribution < -0.4 is 45.0 Å². The molecule has 26 nitrogen and oxygen atoms in total. The summed E-state index contributed by atoms with van der Waals surface area (Å²) in [6.45, 7) is 9.99. The molecule has 65 heavy (non-hydrogen) atoms. The third-order valence-electron chi connectivity index (χ3n) is 11.1. The lowest BCUT2D eigenvalue weighted by atomic mass is 10.5. The molecule has 0 saturated carbocycles. The molecule has 0 aliphatic rings.